The number of cyclic esters (lactones) is 1. The summed E-state index contributed by atoms with van der Waals surface area (Å²) in [6.07, 6.45) is -0.275. The van der Waals surface area contributed by atoms with Gasteiger partial charge in [0.1, 0.15) is 6.61 Å². The monoisotopic (exact) mass is 313 g/mol. The number of nitrogens with zero attached hydrogens (tertiary/aromatic N) is 1. The third kappa shape index (κ3) is 3.59. The van der Waals surface area contributed by atoms with Crippen molar-refractivity contribution in [2.45, 2.75) is 18.2 Å². The molecule has 1 aromatic carbocycles. The van der Waals surface area contributed by atoms with E-state index >= 15 is 0 Å². The van der Waals surface area contributed by atoms with Crippen molar-refractivity contribution >= 4 is 22.1 Å². The van der Waals surface area contributed by atoms with Crippen molar-refractivity contribution in [3.63, 3.8) is 0 Å². The summed E-state index contributed by atoms with van der Waals surface area (Å²) in [5.41, 5.74) is 0.732. The van der Waals surface area contributed by atoms with Gasteiger partial charge in [0.2, 0.25) is 5.91 Å². The van der Waals surface area contributed by atoms with Gasteiger partial charge in [-0.15, -0.1) is 0 Å². The average Bonchev–Trinajstić information content (AvgIpc) is 2.83. The van der Waals surface area contributed by atoms with Crippen molar-refractivity contribution in [1.29, 1.82) is 0 Å². The Morgan fingerprint density at radius 2 is 2.00 bits per heavy atom. The molecule has 7 nitrogen and oxygen atoms in total. The normalized spacial score (nSPS) is 16.7. The standard InChI is InChI=1S/C13H15NO6S/c1-9(12(15)14-6-7-20-13(14)16)8-10-2-4-11(5-3-10)21(17,18)19/h2-5,9H,6-8H2,1H3,(H,17,18,19). The van der Waals surface area contributed by atoms with E-state index in [-0.39, 0.29) is 24.0 Å². The molecule has 0 aliphatic carbocycles. The van der Waals surface area contributed by atoms with Crippen LogP contribution in [-0.4, -0.2) is 43.0 Å². The molecule has 8 heteroatoms. The minimum Gasteiger partial charge on any atom is -0.447 e. The van der Waals surface area contributed by atoms with Crippen LogP contribution in [0.15, 0.2) is 29.2 Å². The topological polar surface area (TPSA) is 101 Å². The van der Waals surface area contributed by atoms with Crippen molar-refractivity contribution in [2.75, 3.05) is 13.2 Å². The van der Waals surface area contributed by atoms with Crippen molar-refractivity contribution in [3.05, 3.63) is 29.8 Å². The molecular formula is C13H15NO6S. The lowest BCUT2D eigenvalue weighted by Gasteiger charge is -2.16. The third-order valence-electron chi connectivity index (χ3n) is 3.21. The van der Waals surface area contributed by atoms with Crippen LogP contribution in [0.2, 0.25) is 0 Å². The van der Waals surface area contributed by atoms with Crippen molar-refractivity contribution in [2.24, 2.45) is 5.92 Å². The smallest absolute Gasteiger partial charge is 0.416 e. The molecule has 21 heavy (non-hydrogen) atoms. The molecule has 114 valence electrons. The summed E-state index contributed by atoms with van der Waals surface area (Å²) in [5, 5.41) is 0. The van der Waals surface area contributed by atoms with E-state index in [9.17, 15) is 18.0 Å². The van der Waals surface area contributed by atoms with Crippen LogP contribution in [0.25, 0.3) is 0 Å². The minimum absolute atomic E-state index is 0.201. The molecule has 1 aliphatic rings. The Hall–Kier alpha value is -1.93. The van der Waals surface area contributed by atoms with E-state index in [0.29, 0.717) is 6.42 Å². The van der Waals surface area contributed by atoms with Crippen LogP contribution in [0.1, 0.15) is 12.5 Å². The zero-order chi connectivity index (χ0) is 15.6. The van der Waals surface area contributed by atoms with E-state index in [1.165, 1.54) is 24.3 Å². The van der Waals surface area contributed by atoms with Gasteiger partial charge in [0.25, 0.3) is 10.1 Å². The van der Waals surface area contributed by atoms with Crippen LogP contribution < -0.4 is 0 Å². The Bertz CT molecular complexity index is 652. The van der Waals surface area contributed by atoms with Gasteiger partial charge in [0.15, 0.2) is 0 Å². The first kappa shape index (κ1) is 15.5. The van der Waals surface area contributed by atoms with E-state index < -0.39 is 22.1 Å². The van der Waals surface area contributed by atoms with Crippen LogP contribution in [0.4, 0.5) is 4.79 Å². The number of hydrogen-bond acceptors (Lipinski definition) is 5. The number of benzene rings is 1. The van der Waals surface area contributed by atoms with Crippen molar-refractivity contribution in [3.8, 4) is 0 Å². The molecule has 1 aromatic rings. The quantitative estimate of drug-likeness (QED) is 0.835. The SMILES string of the molecule is CC(Cc1ccc(S(=O)(=O)O)cc1)C(=O)N1CCOC1=O. The largest absolute Gasteiger partial charge is 0.447 e. The highest BCUT2D eigenvalue weighted by molar-refractivity contribution is 7.85. The molecule has 2 rings (SSSR count). The van der Waals surface area contributed by atoms with Crippen LogP contribution in [0.5, 0.6) is 0 Å². The fourth-order valence-electron chi connectivity index (χ4n) is 2.10. The van der Waals surface area contributed by atoms with Crippen LogP contribution in [-0.2, 0) is 26.1 Å². The fraction of sp³-hybridized carbons (Fsp3) is 0.385. The number of carbonyl (C=O) groups is 2. The molecule has 0 aromatic heterocycles. The van der Waals surface area contributed by atoms with E-state index in [0.717, 1.165) is 10.5 Å². The maximum absolute atomic E-state index is 12.1. The van der Waals surface area contributed by atoms with Gasteiger partial charge in [-0.1, -0.05) is 19.1 Å². The predicted molar refractivity (Wildman–Crippen MR) is 72.2 cm³/mol. The summed E-state index contributed by atoms with van der Waals surface area (Å²) < 4.78 is 35.5. The lowest BCUT2D eigenvalue weighted by Crippen LogP contribution is -2.36. The molecule has 2 amide bonds. The molecule has 1 heterocycles. The number of hydrogen-bond donors (Lipinski definition) is 1. The molecule has 1 N–H and O–H groups in total. The summed E-state index contributed by atoms with van der Waals surface area (Å²) in [7, 11) is -4.22. The highest BCUT2D eigenvalue weighted by atomic mass is 32.2. The third-order valence-corrected chi connectivity index (χ3v) is 4.08. The Morgan fingerprint density at radius 3 is 2.48 bits per heavy atom. The Labute approximate surface area is 122 Å². The van der Waals surface area contributed by atoms with Gasteiger partial charge >= 0.3 is 6.09 Å². The van der Waals surface area contributed by atoms with Crippen LogP contribution in [0.3, 0.4) is 0 Å². The first-order valence-corrected chi connectivity index (χ1v) is 7.77. The second kappa shape index (κ2) is 5.82. The number of ether oxygens (including phenoxy) is 1. The predicted octanol–water partition coefficient (Wildman–Crippen LogP) is 1.09. The number of amides is 2. The van der Waals surface area contributed by atoms with E-state index in [2.05, 4.69) is 0 Å². The molecule has 0 radical (unpaired) electrons. The molecule has 0 bridgehead atoms. The zero-order valence-electron chi connectivity index (χ0n) is 11.4. The van der Waals surface area contributed by atoms with Gasteiger partial charge in [0.05, 0.1) is 11.4 Å². The van der Waals surface area contributed by atoms with Crippen molar-refractivity contribution < 1.29 is 27.3 Å². The Morgan fingerprint density at radius 1 is 1.38 bits per heavy atom. The van der Waals surface area contributed by atoms with Gasteiger partial charge < -0.3 is 4.74 Å². The molecule has 0 spiro atoms. The maximum Gasteiger partial charge on any atom is 0.416 e. The highest BCUT2D eigenvalue weighted by Crippen LogP contribution is 2.16. The summed E-state index contributed by atoms with van der Waals surface area (Å²) in [6.45, 7) is 2.15. The molecule has 1 unspecified atom stereocenters. The van der Waals surface area contributed by atoms with Gasteiger partial charge in [-0.3, -0.25) is 9.35 Å². The number of carbonyl (C=O) groups excluding carboxylic acids is 2. The summed E-state index contributed by atoms with van der Waals surface area (Å²) >= 11 is 0. The van der Waals surface area contributed by atoms with Crippen LogP contribution >= 0.6 is 0 Å². The molecule has 1 aliphatic heterocycles. The summed E-state index contributed by atoms with van der Waals surface area (Å²) in [6, 6.07) is 5.59. The van der Waals surface area contributed by atoms with E-state index in [4.69, 9.17) is 9.29 Å². The molecule has 1 atom stereocenters. The van der Waals surface area contributed by atoms with Gasteiger partial charge in [0, 0.05) is 5.92 Å². The molecular weight excluding hydrogens is 298 g/mol. The van der Waals surface area contributed by atoms with Gasteiger partial charge in [-0.05, 0) is 24.1 Å². The second-order valence-electron chi connectivity index (χ2n) is 4.83. The first-order chi connectivity index (χ1) is 9.79. The van der Waals surface area contributed by atoms with E-state index in [1.54, 1.807) is 6.92 Å². The van der Waals surface area contributed by atoms with Gasteiger partial charge in [-0.2, -0.15) is 8.42 Å². The molecule has 1 fully saturated rings. The first-order valence-electron chi connectivity index (χ1n) is 6.33. The zero-order valence-corrected chi connectivity index (χ0v) is 12.2. The lowest BCUT2D eigenvalue weighted by molar-refractivity contribution is -0.131. The van der Waals surface area contributed by atoms with E-state index in [1.807, 2.05) is 0 Å². The molecule has 0 saturated carbocycles. The number of imide groups is 1. The van der Waals surface area contributed by atoms with Gasteiger partial charge in [-0.25, -0.2) is 9.69 Å². The average molecular weight is 313 g/mol. The minimum atomic E-state index is -4.22. The van der Waals surface area contributed by atoms with Crippen molar-refractivity contribution in [1.82, 2.24) is 4.90 Å². The summed E-state index contributed by atoms with van der Waals surface area (Å²) in [4.78, 5) is 24.3. The number of rotatable bonds is 4. The van der Waals surface area contributed by atoms with Crippen LogP contribution in [0, 0.1) is 5.92 Å². The summed E-state index contributed by atoms with van der Waals surface area (Å²) in [5.74, 6) is -0.761. The fourth-order valence-corrected chi connectivity index (χ4v) is 2.58. The second-order valence-corrected chi connectivity index (χ2v) is 6.25. The Kier molecular flexibility index (Phi) is 4.29. The highest BCUT2D eigenvalue weighted by Gasteiger charge is 2.31. The molecule has 1 saturated heterocycles. The lowest BCUT2D eigenvalue weighted by atomic mass is 10.00. The Balaban J connectivity index is 2.04. The maximum atomic E-state index is 12.1.